The molecule has 0 aliphatic carbocycles. The average Bonchev–Trinajstić information content (AvgIpc) is 2.79. The van der Waals surface area contributed by atoms with Crippen molar-refractivity contribution in [1.82, 2.24) is 0 Å². The van der Waals surface area contributed by atoms with E-state index in [0.717, 1.165) is 25.0 Å². The van der Waals surface area contributed by atoms with Crippen LogP contribution >= 0.6 is 11.8 Å². The van der Waals surface area contributed by atoms with E-state index >= 15 is 0 Å². The number of allylic oxidation sites excluding steroid dienone is 1. The van der Waals surface area contributed by atoms with Crippen LogP contribution in [-0.4, -0.2) is 69.0 Å². The maximum Gasteiger partial charge on any atom is 0.320 e. The summed E-state index contributed by atoms with van der Waals surface area (Å²) in [6.07, 6.45) is 17.6. The van der Waals surface area contributed by atoms with E-state index in [2.05, 4.69) is 6.92 Å². The molecule has 0 bridgehead atoms. The van der Waals surface area contributed by atoms with E-state index in [9.17, 15) is 14.7 Å². The summed E-state index contributed by atoms with van der Waals surface area (Å²) in [4.78, 5) is 21.5. The molecule has 0 aromatic carbocycles. The fraction of sp³-hybridized carbons (Fsp3) is 0.833. The molecule has 0 aliphatic heterocycles. The number of aliphatic hydroxyl groups is 3. The second-order valence-corrected chi connectivity index (χ2v) is 9.04. The first-order chi connectivity index (χ1) is 15.3. The zero-order chi connectivity index (χ0) is 24.6. The topological polar surface area (TPSA) is 141 Å². The fourth-order valence-electron chi connectivity index (χ4n) is 2.88. The number of ketones is 1. The molecule has 0 rings (SSSR count). The normalized spacial score (nSPS) is 13.9. The smallest absolute Gasteiger partial charge is 0.320 e. The van der Waals surface area contributed by atoms with Crippen LogP contribution in [0.1, 0.15) is 90.4 Å². The molecule has 2 unspecified atom stereocenters. The lowest BCUT2D eigenvalue weighted by atomic mass is 10.0. The lowest BCUT2D eigenvalue weighted by Crippen LogP contribution is -2.35. The van der Waals surface area contributed by atoms with Crippen LogP contribution in [0.5, 0.6) is 0 Å². The summed E-state index contributed by atoms with van der Waals surface area (Å²) >= 11 is 1.60. The van der Waals surface area contributed by atoms with Gasteiger partial charge >= 0.3 is 5.97 Å². The number of carboxylic acids is 1. The van der Waals surface area contributed by atoms with E-state index in [4.69, 9.17) is 21.1 Å². The SMILES string of the molecule is CCCCCCCCCCCCCC=CC(=O)C(O)C(O)CO.CSCC[C@H](N)C(=O)O. The third-order valence-electron chi connectivity index (χ3n) is 5.05. The summed E-state index contributed by atoms with van der Waals surface area (Å²) in [6.45, 7) is 1.63. The standard InChI is InChI=1S/C19H36O4.C5H11NO2S/c1-2-3-4-5-6-7-8-9-10-11-12-13-14-15-17(21)19(23)18(22)16-20;1-9-3-2-4(6)5(7)8/h14-15,18-20,22-23H,2-13,16H2,1H3;4H,2-3,6H2,1H3,(H,7,8)/t;4-/m.0/s1. The summed E-state index contributed by atoms with van der Waals surface area (Å²) in [5.74, 6) is -0.647. The Morgan fingerprint density at radius 2 is 1.44 bits per heavy atom. The number of hydrogen-bond donors (Lipinski definition) is 5. The van der Waals surface area contributed by atoms with Gasteiger partial charge in [-0.2, -0.15) is 11.8 Å². The van der Waals surface area contributed by atoms with E-state index in [0.29, 0.717) is 6.42 Å². The highest BCUT2D eigenvalue weighted by Crippen LogP contribution is 2.12. The van der Waals surface area contributed by atoms with Crippen molar-refractivity contribution in [2.45, 2.75) is 109 Å². The van der Waals surface area contributed by atoms with E-state index in [1.165, 1.54) is 63.9 Å². The second-order valence-electron chi connectivity index (χ2n) is 8.05. The zero-order valence-electron chi connectivity index (χ0n) is 20.1. The third-order valence-corrected chi connectivity index (χ3v) is 5.69. The van der Waals surface area contributed by atoms with Gasteiger partial charge in [0.05, 0.1) is 6.61 Å². The maximum atomic E-state index is 11.4. The van der Waals surface area contributed by atoms with Crippen molar-refractivity contribution in [2.24, 2.45) is 5.73 Å². The number of carbonyl (C=O) groups is 2. The molecule has 0 aromatic heterocycles. The summed E-state index contributed by atoms with van der Waals surface area (Å²) in [6, 6.07) is -0.683. The van der Waals surface area contributed by atoms with Gasteiger partial charge in [0, 0.05) is 0 Å². The highest BCUT2D eigenvalue weighted by Gasteiger charge is 2.20. The predicted molar refractivity (Wildman–Crippen MR) is 133 cm³/mol. The zero-order valence-corrected chi connectivity index (χ0v) is 20.9. The highest BCUT2D eigenvalue weighted by atomic mass is 32.2. The summed E-state index contributed by atoms with van der Waals surface area (Å²) in [5, 5.41) is 35.4. The molecular weight excluding hydrogens is 430 g/mol. The Bertz CT molecular complexity index is 475. The first-order valence-electron chi connectivity index (χ1n) is 12.0. The van der Waals surface area contributed by atoms with Crippen molar-refractivity contribution in [2.75, 3.05) is 18.6 Å². The number of thioether (sulfide) groups is 1. The van der Waals surface area contributed by atoms with Gasteiger partial charge in [0.1, 0.15) is 18.2 Å². The molecule has 0 aliphatic rings. The van der Waals surface area contributed by atoms with Crippen LogP contribution in [0.2, 0.25) is 0 Å². The summed E-state index contributed by atoms with van der Waals surface area (Å²) in [5.41, 5.74) is 5.19. The van der Waals surface area contributed by atoms with Crippen LogP contribution in [0.4, 0.5) is 0 Å². The first kappa shape index (κ1) is 33.2. The van der Waals surface area contributed by atoms with Gasteiger partial charge < -0.3 is 26.2 Å². The molecule has 0 heterocycles. The minimum absolute atomic E-state index is 0.547. The summed E-state index contributed by atoms with van der Waals surface area (Å²) in [7, 11) is 0. The van der Waals surface area contributed by atoms with E-state index in [1.54, 1.807) is 17.8 Å². The molecule has 0 spiro atoms. The number of carboxylic acid groups (broad SMARTS) is 1. The molecule has 0 saturated carbocycles. The van der Waals surface area contributed by atoms with Crippen molar-refractivity contribution < 1.29 is 30.0 Å². The number of hydrogen-bond acceptors (Lipinski definition) is 7. The average molecular weight is 478 g/mol. The van der Waals surface area contributed by atoms with Crippen molar-refractivity contribution in [3.63, 3.8) is 0 Å². The Kier molecular flexibility index (Phi) is 25.7. The lowest BCUT2D eigenvalue weighted by molar-refractivity contribution is -0.138. The maximum absolute atomic E-state index is 11.4. The quantitative estimate of drug-likeness (QED) is 0.132. The molecule has 190 valence electrons. The Morgan fingerprint density at radius 3 is 1.88 bits per heavy atom. The lowest BCUT2D eigenvalue weighted by Gasteiger charge is -2.11. The molecule has 0 aromatic rings. The predicted octanol–water partition coefficient (Wildman–Crippen LogP) is 3.68. The van der Waals surface area contributed by atoms with Crippen molar-refractivity contribution in [1.29, 1.82) is 0 Å². The number of aliphatic hydroxyl groups excluding tert-OH is 3. The summed E-state index contributed by atoms with van der Waals surface area (Å²) < 4.78 is 0. The molecule has 8 heteroatoms. The van der Waals surface area contributed by atoms with E-state index in [-0.39, 0.29) is 0 Å². The first-order valence-corrected chi connectivity index (χ1v) is 13.4. The Balaban J connectivity index is 0. The van der Waals surface area contributed by atoms with Crippen LogP contribution in [-0.2, 0) is 9.59 Å². The van der Waals surface area contributed by atoms with Crippen LogP contribution in [0.15, 0.2) is 12.2 Å². The van der Waals surface area contributed by atoms with E-state index in [1.807, 2.05) is 6.26 Å². The minimum Gasteiger partial charge on any atom is -0.480 e. The molecule has 7 nitrogen and oxygen atoms in total. The van der Waals surface area contributed by atoms with Gasteiger partial charge in [0.15, 0.2) is 5.78 Å². The Labute approximate surface area is 198 Å². The molecule has 0 saturated heterocycles. The number of carbonyl (C=O) groups excluding carboxylic acids is 1. The minimum atomic E-state index is -1.52. The number of nitrogens with two attached hydrogens (primary N) is 1. The molecule has 0 radical (unpaired) electrons. The molecule has 32 heavy (non-hydrogen) atoms. The molecule has 6 N–H and O–H groups in total. The number of aliphatic carboxylic acids is 1. The Hall–Kier alpha value is -0.930. The van der Waals surface area contributed by atoms with E-state index < -0.39 is 36.6 Å². The van der Waals surface area contributed by atoms with Crippen molar-refractivity contribution in [3.8, 4) is 0 Å². The van der Waals surface area contributed by atoms with Crippen LogP contribution < -0.4 is 5.73 Å². The number of rotatable bonds is 20. The van der Waals surface area contributed by atoms with Gasteiger partial charge in [-0.3, -0.25) is 9.59 Å². The van der Waals surface area contributed by atoms with Gasteiger partial charge in [0.25, 0.3) is 0 Å². The number of unbranched alkanes of at least 4 members (excludes halogenated alkanes) is 11. The van der Waals surface area contributed by atoms with Gasteiger partial charge in [-0.1, -0.05) is 77.2 Å². The van der Waals surface area contributed by atoms with Crippen LogP contribution in [0.3, 0.4) is 0 Å². The van der Waals surface area contributed by atoms with Crippen LogP contribution in [0, 0.1) is 0 Å². The van der Waals surface area contributed by atoms with Gasteiger partial charge in [0.2, 0.25) is 0 Å². The van der Waals surface area contributed by atoms with Crippen molar-refractivity contribution >= 4 is 23.5 Å². The molecule has 0 fully saturated rings. The largest absolute Gasteiger partial charge is 0.480 e. The molecule has 0 amide bonds. The van der Waals surface area contributed by atoms with Crippen LogP contribution in [0.25, 0.3) is 0 Å². The third kappa shape index (κ3) is 22.3. The van der Waals surface area contributed by atoms with Gasteiger partial charge in [-0.15, -0.1) is 0 Å². The van der Waals surface area contributed by atoms with Gasteiger partial charge in [-0.25, -0.2) is 0 Å². The van der Waals surface area contributed by atoms with Crippen molar-refractivity contribution in [3.05, 3.63) is 12.2 Å². The fourth-order valence-corrected chi connectivity index (χ4v) is 3.37. The monoisotopic (exact) mass is 477 g/mol. The van der Waals surface area contributed by atoms with Gasteiger partial charge in [-0.05, 0) is 37.3 Å². The molecule has 3 atom stereocenters. The Morgan fingerprint density at radius 1 is 0.938 bits per heavy atom. The second kappa shape index (κ2) is 24.7. The molecular formula is C24H47NO6S. The highest BCUT2D eigenvalue weighted by molar-refractivity contribution is 7.98.